The Morgan fingerprint density at radius 1 is 1.08 bits per heavy atom. The molecule has 0 spiro atoms. The topological polar surface area (TPSA) is 74.2 Å². The van der Waals surface area contributed by atoms with Crippen LogP contribution in [0.1, 0.15) is 61.8 Å². The molecule has 0 aliphatic carbocycles. The van der Waals surface area contributed by atoms with Crippen molar-refractivity contribution in [3.8, 4) is 0 Å². The number of hydrogen-bond donors (Lipinski definition) is 1. The summed E-state index contributed by atoms with van der Waals surface area (Å²) < 4.78 is 22.9. The smallest absolute Gasteiger partial charge is 0.172 e. The molecular weight excluding hydrogens is 324 g/mol. The molecule has 0 aromatic heterocycles. The van der Waals surface area contributed by atoms with E-state index in [1.165, 1.54) is 0 Å². The Hall–Kier alpha value is -0.530. The van der Waals surface area contributed by atoms with E-state index in [0.717, 1.165) is 0 Å². The first-order valence-electron chi connectivity index (χ1n) is 9.10. The number of aliphatic hydroxyl groups is 1. The van der Waals surface area contributed by atoms with Gasteiger partial charge in [-0.05, 0) is 53.9 Å². The van der Waals surface area contributed by atoms with Crippen molar-refractivity contribution in [1.82, 2.24) is 0 Å². The molecule has 2 fully saturated rings. The van der Waals surface area contributed by atoms with Crippen LogP contribution in [-0.4, -0.2) is 53.5 Å². The molecule has 6 nitrogen and oxygen atoms in total. The molecule has 0 amide bonds. The first-order chi connectivity index (χ1) is 11.2. The molecule has 1 N–H and O–H groups in total. The molecule has 0 bridgehead atoms. The number of ketones is 1. The van der Waals surface area contributed by atoms with Gasteiger partial charge in [0.25, 0.3) is 0 Å². The summed E-state index contributed by atoms with van der Waals surface area (Å²) in [7, 11) is 0. The fourth-order valence-corrected chi connectivity index (χ4v) is 3.77. The lowest BCUT2D eigenvalue weighted by Gasteiger charge is -2.46. The Bertz CT molecular complexity index is 510. The number of rotatable bonds is 6. The Morgan fingerprint density at radius 3 is 2.00 bits per heavy atom. The predicted octanol–water partition coefficient (Wildman–Crippen LogP) is 2.66. The van der Waals surface area contributed by atoms with Crippen LogP contribution in [0.5, 0.6) is 0 Å². The molecule has 0 unspecified atom stereocenters. The average Bonchev–Trinajstić information content (AvgIpc) is 2.99. The maximum absolute atomic E-state index is 13.2. The van der Waals surface area contributed by atoms with Crippen LogP contribution in [0.15, 0.2) is 0 Å². The highest BCUT2D eigenvalue weighted by Crippen LogP contribution is 2.45. The summed E-state index contributed by atoms with van der Waals surface area (Å²) in [6, 6.07) is 0. The minimum atomic E-state index is -1.37. The van der Waals surface area contributed by atoms with Crippen molar-refractivity contribution in [1.29, 1.82) is 0 Å². The van der Waals surface area contributed by atoms with E-state index in [0.29, 0.717) is 6.42 Å². The van der Waals surface area contributed by atoms with Gasteiger partial charge in [-0.1, -0.05) is 13.8 Å². The zero-order chi connectivity index (χ0) is 19.3. The molecule has 25 heavy (non-hydrogen) atoms. The van der Waals surface area contributed by atoms with Crippen LogP contribution in [0.3, 0.4) is 0 Å². The molecule has 6 heteroatoms. The number of carbonyl (C=O) groups is 1. The zero-order valence-electron chi connectivity index (χ0n) is 16.8. The van der Waals surface area contributed by atoms with Crippen LogP contribution in [-0.2, 0) is 23.7 Å². The zero-order valence-corrected chi connectivity index (χ0v) is 16.8. The standard InChI is InChI=1S/C19H34O6/c1-12(2)9-19(21,14-11-23-18(7,8)25-14)16(3,4)15(20)13-10-22-17(5,6)24-13/h12-14,21H,9-11H2,1-8H3/t13-,14-,19-/m1/s1. The third-order valence-electron chi connectivity index (χ3n) is 5.26. The van der Waals surface area contributed by atoms with E-state index >= 15 is 0 Å². The summed E-state index contributed by atoms with van der Waals surface area (Å²) in [6.07, 6.45) is -0.856. The van der Waals surface area contributed by atoms with Gasteiger partial charge >= 0.3 is 0 Å². The molecule has 2 rings (SSSR count). The van der Waals surface area contributed by atoms with Gasteiger partial charge in [-0.3, -0.25) is 4.79 Å². The summed E-state index contributed by atoms with van der Waals surface area (Å²) in [5, 5.41) is 11.7. The maximum atomic E-state index is 13.2. The second-order valence-electron chi connectivity index (χ2n) is 9.15. The van der Waals surface area contributed by atoms with Crippen LogP contribution >= 0.6 is 0 Å². The maximum Gasteiger partial charge on any atom is 0.172 e. The fourth-order valence-electron chi connectivity index (χ4n) is 3.77. The van der Waals surface area contributed by atoms with Crippen LogP contribution in [0.4, 0.5) is 0 Å². The van der Waals surface area contributed by atoms with Crippen molar-refractivity contribution in [2.75, 3.05) is 13.2 Å². The van der Waals surface area contributed by atoms with Crippen molar-refractivity contribution in [2.45, 2.75) is 91.2 Å². The summed E-state index contributed by atoms with van der Waals surface area (Å²) in [5.41, 5.74) is -2.46. The Morgan fingerprint density at radius 2 is 1.60 bits per heavy atom. The van der Waals surface area contributed by atoms with Gasteiger partial charge in [0.05, 0.1) is 18.6 Å². The SMILES string of the molecule is CC(C)C[C@@](O)([C@H]1COC(C)(C)O1)C(C)(C)C(=O)[C@H]1COC(C)(C)O1. The van der Waals surface area contributed by atoms with Crippen LogP contribution in [0, 0.1) is 11.3 Å². The van der Waals surface area contributed by atoms with Gasteiger partial charge in [0, 0.05) is 0 Å². The average molecular weight is 358 g/mol. The van der Waals surface area contributed by atoms with Gasteiger partial charge in [-0.15, -0.1) is 0 Å². The van der Waals surface area contributed by atoms with Crippen LogP contribution in [0.2, 0.25) is 0 Å². The Kier molecular flexibility index (Phi) is 5.46. The minimum Gasteiger partial charge on any atom is -0.386 e. The largest absolute Gasteiger partial charge is 0.386 e. The van der Waals surface area contributed by atoms with Gasteiger partial charge in [0.15, 0.2) is 17.4 Å². The van der Waals surface area contributed by atoms with E-state index in [9.17, 15) is 9.90 Å². The van der Waals surface area contributed by atoms with E-state index in [4.69, 9.17) is 18.9 Å². The third-order valence-corrected chi connectivity index (χ3v) is 5.26. The molecule has 0 aromatic rings. The van der Waals surface area contributed by atoms with Crippen molar-refractivity contribution in [3.05, 3.63) is 0 Å². The van der Waals surface area contributed by atoms with Crippen molar-refractivity contribution >= 4 is 5.78 Å². The minimum absolute atomic E-state index is 0.172. The molecule has 0 radical (unpaired) electrons. The quantitative estimate of drug-likeness (QED) is 0.787. The van der Waals surface area contributed by atoms with Gasteiger partial charge < -0.3 is 24.1 Å². The molecule has 0 saturated carbocycles. The lowest BCUT2D eigenvalue weighted by Crippen LogP contribution is -2.61. The second-order valence-corrected chi connectivity index (χ2v) is 9.15. The Balaban J connectivity index is 2.30. The molecular formula is C19H34O6. The predicted molar refractivity (Wildman–Crippen MR) is 93.0 cm³/mol. The van der Waals surface area contributed by atoms with Gasteiger partial charge in [0.1, 0.15) is 17.8 Å². The van der Waals surface area contributed by atoms with Gasteiger partial charge in [-0.2, -0.15) is 0 Å². The Labute approximate surface area is 151 Å². The van der Waals surface area contributed by atoms with E-state index in [2.05, 4.69) is 0 Å². The molecule has 2 aliphatic heterocycles. The highest BCUT2D eigenvalue weighted by atomic mass is 16.8. The van der Waals surface area contributed by atoms with E-state index in [1.807, 2.05) is 27.7 Å². The summed E-state index contributed by atoms with van der Waals surface area (Å²) in [6.45, 7) is 15.2. The molecule has 3 atom stereocenters. The number of Topliss-reactive ketones (excluding diaryl/α,β-unsaturated/α-hetero) is 1. The lowest BCUT2D eigenvalue weighted by molar-refractivity contribution is -0.207. The monoisotopic (exact) mass is 358 g/mol. The van der Waals surface area contributed by atoms with Crippen molar-refractivity contribution in [3.63, 3.8) is 0 Å². The summed E-state index contributed by atoms with van der Waals surface area (Å²) in [5.74, 6) is -1.55. The summed E-state index contributed by atoms with van der Waals surface area (Å²) >= 11 is 0. The van der Waals surface area contributed by atoms with E-state index in [1.54, 1.807) is 27.7 Å². The van der Waals surface area contributed by atoms with E-state index < -0.39 is 34.8 Å². The van der Waals surface area contributed by atoms with Gasteiger partial charge in [0.2, 0.25) is 0 Å². The summed E-state index contributed by atoms with van der Waals surface area (Å²) in [4.78, 5) is 13.2. The first kappa shape index (κ1) is 20.8. The number of carbonyl (C=O) groups excluding carboxylic acids is 1. The second kappa shape index (κ2) is 6.57. The fraction of sp³-hybridized carbons (Fsp3) is 0.947. The molecule has 146 valence electrons. The molecule has 0 aromatic carbocycles. The van der Waals surface area contributed by atoms with Crippen molar-refractivity contribution < 1.29 is 28.8 Å². The third kappa shape index (κ3) is 4.08. The van der Waals surface area contributed by atoms with Crippen LogP contribution < -0.4 is 0 Å². The number of hydrogen-bond acceptors (Lipinski definition) is 6. The highest BCUT2D eigenvalue weighted by Gasteiger charge is 2.59. The first-order valence-corrected chi connectivity index (χ1v) is 9.10. The van der Waals surface area contributed by atoms with Crippen LogP contribution in [0.25, 0.3) is 0 Å². The molecule has 2 aliphatic rings. The lowest BCUT2D eigenvalue weighted by atomic mass is 9.64. The van der Waals surface area contributed by atoms with Crippen molar-refractivity contribution in [2.24, 2.45) is 11.3 Å². The molecule has 2 heterocycles. The normalized spacial score (nSPS) is 31.3. The molecule has 2 saturated heterocycles. The number of ether oxygens (including phenoxy) is 4. The van der Waals surface area contributed by atoms with Gasteiger partial charge in [-0.25, -0.2) is 0 Å². The van der Waals surface area contributed by atoms with E-state index in [-0.39, 0.29) is 24.9 Å². The highest BCUT2D eigenvalue weighted by molar-refractivity contribution is 5.90.